The molecule has 0 fully saturated rings. The lowest BCUT2D eigenvalue weighted by Gasteiger charge is -2.19. The van der Waals surface area contributed by atoms with E-state index in [1.807, 2.05) is 13.8 Å². The Bertz CT molecular complexity index is 2200. The second-order valence-electron chi connectivity index (χ2n) is 10.5. The first-order valence-corrected chi connectivity index (χ1v) is 14.9. The molecule has 8 aromatic rings. The predicted molar refractivity (Wildman–Crippen MR) is 184 cm³/mol. The van der Waals surface area contributed by atoms with Crippen LogP contribution in [0.4, 0.5) is 0 Å². The third-order valence-corrected chi connectivity index (χ3v) is 8.23. The van der Waals surface area contributed by atoms with Gasteiger partial charge in [-0.1, -0.05) is 159 Å². The van der Waals surface area contributed by atoms with Gasteiger partial charge in [-0.2, -0.15) is 0 Å². The molecule has 0 N–H and O–H groups in total. The van der Waals surface area contributed by atoms with Crippen molar-refractivity contribution >= 4 is 43.1 Å². The van der Waals surface area contributed by atoms with E-state index < -0.39 is 0 Å². The molecule has 8 rings (SSSR count). The van der Waals surface area contributed by atoms with E-state index >= 15 is 0 Å². The first kappa shape index (κ1) is 25.7. The summed E-state index contributed by atoms with van der Waals surface area (Å²) >= 11 is 0. The van der Waals surface area contributed by atoms with E-state index in [9.17, 15) is 0 Å². The van der Waals surface area contributed by atoms with Crippen molar-refractivity contribution in [1.29, 1.82) is 0 Å². The Labute approximate surface area is 247 Å². The highest BCUT2D eigenvalue weighted by Gasteiger charge is 2.18. The maximum absolute atomic E-state index is 2.41. The van der Waals surface area contributed by atoms with Crippen LogP contribution in [0, 0.1) is 0 Å². The van der Waals surface area contributed by atoms with Gasteiger partial charge in [-0.15, -0.1) is 0 Å². The van der Waals surface area contributed by atoms with Crippen LogP contribution in [0.15, 0.2) is 158 Å². The van der Waals surface area contributed by atoms with Gasteiger partial charge in [0.15, 0.2) is 0 Å². The van der Waals surface area contributed by atoms with Crippen LogP contribution in [0.5, 0.6) is 0 Å². The summed E-state index contributed by atoms with van der Waals surface area (Å²) in [4.78, 5) is 0. The summed E-state index contributed by atoms with van der Waals surface area (Å²) in [6.07, 6.45) is 0. The second kappa shape index (κ2) is 11.0. The lowest BCUT2D eigenvalue weighted by molar-refractivity contribution is 1.50. The zero-order chi connectivity index (χ0) is 28.5. The van der Waals surface area contributed by atoms with Crippen LogP contribution in [-0.2, 0) is 0 Å². The molecular formula is C42H32. The van der Waals surface area contributed by atoms with E-state index in [2.05, 4.69) is 158 Å². The zero-order valence-electron chi connectivity index (χ0n) is 24.0. The number of hydrogen-bond acceptors (Lipinski definition) is 0. The van der Waals surface area contributed by atoms with Crippen LogP contribution >= 0.6 is 0 Å². The fraction of sp³-hybridized carbons (Fsp3) is 0.0476. The predicted octanol–water partition coefficient (Wildman–Crippen LogP) is 12.3. The molecule has 0 radical (unpaired) electrons. The van der Waals surface area contributed by atoms with Gasteiger partial charge in [-0.25, -0.2) is 0 Å². The van der Waals surface area contributed by atoms with Gasteiger partial charge in [-0.05, 0) is 88.6 Å². The summed E-state index contributed by atoms with van der Waals surface area (Å²) in [5.74, 6) is 0. The van der Waals surface area contributed by atoms with Gasteiger partial charge in [0, 0.05) is 0 Å². The standard InChI is InChI=1S/C40H26.C2H6/c1-2-13-29(14-3-1)39-35-18-8-9-19-36(35)40(34-20-10-16-28-12-6-7-17-33(28)34)38-26-32(23-24-37(38)39)31-22-21-27-11-4-5-15-30(27)25-31;1-2/h1-26H;1-2H3. The van der Waals surface area contributed by atoms with Crippen molar-refractivity contribution in [1.82, 2.24) is 0 Å². The fourth-order valence-corrected chi connectivity index (χ4v) is 6.38. The van der Waals surface area contributed by atoms with E-state index in [0.29, 0.717) is 0 Å². The lowest BCUT2D eigenvalue weighted by atomic mass is 9.83. The Balaban J connectivity index is 0.00000141. The minimum Gasteiger partial charge on any atom is -0.0683 e. The summed E-state index contributed by atoms with van der Waals surface area (Å²) in [6, 6.07) is 57.6. The van der Waals surface area contributed by atoms with Crippen molar-refractivity contribution in [2.24, 2.45) is 0 Å². The van der Waals surface area contributed by atoms with Crippen LogP contribution in [0.1, 0.15) is 13.8 Å². The van der Waals surface area contributed by atoms with Crippen LogP contribution in [0.25, 0.3) is 76.5 Å². The molecule has 0 saturated carbocycles. The first-order valence-electron chi connectivity index (χ1n) is 14.9. The Morgan fingerprint density at radius 3 is 1.62 bits per heavy atom. The van der Waals surface area contributed by atoms with E-state index in [-0.39, 0.29) is 0 Å². The van der Waals surface area contributed by atoms with Gasteiger partial charge in [-0.3, -0.25) is 0 Å². The zero-order valence-corrected chi connectivity index (χ0v) is 24.0. The van der Waals surface area contributed by atoms with Crippen molar-refractivity contribution < 1.29 is 0 Å². The number of fused-ring (bicyclic) bond motifs is 4. The first-order chi connectivity index (χ1) is 20.8. The highest BCUT2D eigenvalue weighted by atomic mass is 14.2. The van der Waals surface area contributed by atoms with Crippen molar-refractivity contribution in [2.45, 2.75) is 13.8 Å². The van der Waals surface area contributed by atoms with Crippen LogP contribution in [-0.4, -0.2) is 0 Å². The minimum absolute atomic E-state index is 1.23. The monoisotopic (exact) mass is 536 g/mol. The fourth-order valence-electron chi connectivity index (χ4n) is 6.38. The molecule has 0 atom stereocenters. The molecule has 0 unspecified atom stereocenters. The van der Waals surface area contributed by atoms with E-state index in [4.69, 9.17) is 0 Å². The maximum Gasteiger partial charge on any atom is -0.00199 e. The second-order valence-corrected chi connectivity index (χ2v) is 10.5. The van der Waals surface area contributed by atoms with Crippen molar-refractivity contribution in [3.8, 4) is 33.4 Å². The van der Waals surface area contributed by atoms with Crippen molar-refractivity contribution in [2.75, 3.05) is 0 Å². The molecule has 0 saturated heterocycles. The molecular weight excluding hydrogens is 504 g/mol. The van der Waals surface area contributed by atoms with Crippen LogP contribution in [0.3, 0.4) is 0 Å². The van der Waals surface area contributed by atoms with Gasteiger partial charge in [0.05, 0.1) is 0 Å². The topological polar surface area (TPSA) is 0 Å². The number of rotatable bonds is 3. The molecule has 0 heteroatoms. The van der Waals surface area contributed by atoms with Gasteiger partial charge < -0.3 is 0 Å². The minimum atomic E-state index is 1.23. The lowest BCUT2D eigenvalue weighted by Crippen LogP contribution is -1.92. The molecule has 42 heavy (non-hydrogen) atoms. The molecule has 0 aliphatic rings. The van der Waals surface area contributed by atoms with E-state index in [1.54, 1.807) is 0 Å². The summed E-state index contributed by atoms with van der Waals surface area (Å²) in [5.41, 5.74) is 7.57. The highest BCUT2D eigenvalue weighted by Crippen LogP contribution is 2.46. The summed E-state index contributed by atoms with van der Waals surface area (Å²) < 4.78 is 0. The SMILES string of the molecule is CC.c1ccc(-c2c3ccccc3c(-c3cccc4ccccc34)c3cc(-c4ccc5ccccc5c4)ccc23)cc1. The Kier molecular flexibility index (Phi) is 6.74. The Hall–Kier alpha value is -5.20. The molecule has 8 aromatic carbocycles. The van der Waals surface area contributed by atoms with Crippen molar-refractivity contribution in [3.63, 3.8) is 0 Å². The van der Waals surface area contributed by atoms with E-state index in [0.717, 1.165) is 0 Å². The molecule has 0 amide bonds. The maximum atomic E-state index is 2.41. The van der Waals surface area contributed by atoms with Gasteiger partial charge in [0.25, 0.3) is 0 Å². The molecule has 0 aliphatic heterocycles. The van der Waals surface area contributed by atoms with Crippen molar-refractivity contribution in [3.05, 3.63) is 158 Å². The highest BCUT2D eigenvalue weighted by molar-refractivity contribution is 6.24. The third kappa shape index (κ3) is 4.33. The molecule has 0 aliphatic carbocycles. The molecule has 0 nitrogen and oxygen atoms in total. The van der Waals surface area contributed by atoms with Crippen LogP contribution in [0.2, 0.25) is 0 Å². The van der Waals surface area contributed by atoms with E-state index in [1.165, 1.54) is 76.5 Å². The average Bonchev–Trinajstić information content (AvgIpc) is 3.08. The summed E-state index contributed by atoms with van der Waals surface area (Å²) in [7, 11) is 0. The Morgan fingerprint density at radius 1 is 0.286 bits per heavy atom. The molecule has 0 aromatic heterocycles. The normalized spacial score (nSPS) is 11.1. The Morgan fingerprint density at radius 2 is 0.833 bits per heavy atom. The molecule has 200 valence electrons. The van der Waals surface area contributed by atoms with Gasteiger partial charge >= 0.3 is 0 Å². The average molecular weight is 537 g/mol. The molecule has 0 heterocycles. The quantitative estimate of drug-likeness (QED) is 0.197. The van der Waals surface area contributed by atoms with Gasteiger partial charge in [0.1, 0.15) is 0 Å². The van der Waals surface area contributed by atoms with Crippen LogP contribution < -0.4 is 0 Å². The number of hydrogen-bond donors (Lipinski definition) is 0. The smallest absolute Gasteiger partial charge is 0.00199 e. The largest absolute Gasteiger partial charge is 0.0683 e. The summed E-state index contributed by atoms with van der Waals surface area (Å²) in [5, 5.41) is 10.2. The molecule has 0 bridgehead atoms. The summed E-state index contributed by atoms with van der Waals surface area (Å²) in [6.45, 7) is 4.00. The number of benzene rings is 8. The molecule has 0 spiro atoms. The van der Waals surface area contributed by atoms with Gasteiger partial charge in [0.2, 0.25) is 0 Å². The third-order valence-electron chi connectivity index (χ3n) is 8.23.